The Labute approximate surface area is 128 Å². The Kier molecular flexibility index (Phi) is 5.32. The number of hydrogen-bond donors (Lipinski definition) is 3. The second-order valence-corrected chi connectivity index (χ2v) is 5.02. The van der Waals surface area contributed by atoms with Gasteiger partial charge in [-0.3, -0.25) is 4.79 Å². The molecular formula is C16H19N3O3. The maximum absolute atomic E-state index is 12.3. The molecule has 0 unspecified atom stereocenters. The van der Waals surface area contributed by atoms with E-state index in [0.29, 0.717) is 6.54 Å². The monoisotopic (exact) mass is 301 g/mol. The van der Waals surface area contributed by atoms with E-state index in [9.17, 15) is 9.59 Å². The van der Waals surface area contributed by atoms with Crippen LogP contribution in [-0.4, -0.2) is 28.4 Å². The smallest absolute Gasteiger partial charge is 0.319 e. The highest BCUT2D eigenvalue weighted by molar-refractivity contribution is 5.89. The number of amides is 2. The molecule has 1 aromatic heterocycles. The summed E-state index contributed by atoms with van der Waals surface area (Å²) >= 11 is 0. The standard InChI is InChI=1S/C16H19N3O3/c1-12(11-20)17-16(22)18-14-8-5-9-19(15(14)21)10-13-6-3-2-4-7-13/h2-9,12,20H,10-11H2,1H3,(H2,17,18,22)/t12-/m0/s1. The van der Waals surface area contributed by atoms with Crippen LogP contribution in [0.4, 0.5) is 10.5 Å². The predicted octanol–water partition coefficient (Wildman–Crippen LogP) is 1.40. The molecule has 0 radical (unpaired) electrons. The van der Waals surface area contributed by atoms with Crippen LogP contribution in [-0.2, 0) is 6.54 Å². The Morgan fingerprint density at radius 3 is 2.64 bits per heavy atom. The molecular weight excluding hydrogens is 282 g/mol. The van der Waals surface area contributed by atoms with Gasteiger partial charge in [-0.1, -0.05) is 30.3 Å². The van der Waals surface area contributed by atoms with Gasteiger partial charge in [-0.15, -0.1) is 0 Å². The number of hydrogen-bond acceptors (Lipinski definition) is 3. The highest BCUT2D eigenvalue weighted by Crippen LogP contribution is 2.03. The average Bonchev–Trinajstić information content (AvgIpc) is 2.52. The quantitative estimate of drug-likeness (QED) is 0.780. The van der Waals surface area contributed by atoms with Crippen molar-refractivity contribution >= 4 is 11.7 Å². The summed E-state index contributed by atoms with van der Waals surface area (Å²) in [6, 6.07) is 12.0. The van der Waals surface area contributed by atoms with Gasteiger partial charge in [0.15, 0.2) is 0 Å². The zero-order valence-electron chi connectivity index (χ0n) is 12.3. The van der Waals surface area contributed by atoms with E-state index < -0.39 is 6.03 Å². The molecule has 1 atom stereocenters. The number of benzene rings is 1. The maximum Gasteiger partial charge on any atom is 0.319 e. The number of nitrogens with zero attached hydrogens (tertiary/aromatic N) is 1. The Balaban J connectivity index is 2.12. The van der Waals surface area contributed by atoms with Gasteiger partial charge < -0.3 is 20.3 Å². The van der Waals surface area contributed by atoms with Crippen LogP contribution in [0.5, 0.6) is 0 Å². The molecule has 0 aliphatic rings. The molecule has 1 aromatic carbocycles. The van der Waals surface area contributed by atoms with Crippen molar-refractivity contribution in [3.8, 4) is 0 Å². The lowest BCUT2D eigenvalue weighted by molar-refractivity contribution is 0.229. The molecule has 116 valence electrons. The molecule has 2 aromatic rings. The van der Waals surface area contributed by atoms with E-state index in [2.05, 4.69) is 10.6 Å². The summed E-state index contributed by atoms with van der Waals surface area (Å²) in [6.07, 6.45) is 1.68. The number of carbonyl (C=O) groups is 1. The molecule has 2 rings (SSSR count). The third kappa shape index (κ3) is 4.20. The molecule has 0 fully saturated rings. The van der Waals surface area contributed by atoms with E-state index in [0.717, 1.165) is 5.56 Å². The van der Waals surface area contributed by atoms with Gasteiger partial charge in [0, 0.05) is 6.20 Å². The summed E-state index contributed by atoms with van der Waals surface area (Å²) in [6.45, 7) is 1.93. The van der Waals surface area contributed by atoms with Crippen LogP contribution in [0.3, 0.4) is 0 Å². The Bertz CT molecular complexity index is 683. The van der Waals surface area contributed by atoms with Gasteiger partial charge in [0.25, 0.3) is 5.56 Å². The largest absolute Gasteiger partial charge is 0.394 e. The van der Waals surface area contributed by atoms with Crippen molar-refractivity contribution in [2.24, 2.45) is 0 Å². The number of pyridine rings is 1. The van der Waals surface area contributed by atoms with Gasteiger partial charge in [0.05, 0.1) is 19.2 Å². The molecule has 0 aliphatic heterocycles. The lowest BCUT2D eigenvalue weighted by Crippen LogP contribution is -2.39. The van der Waals surface area contributed by atoms with Crippen LogP contribution in [0.2, 0.25) is 0 Å². The highest BCUT2D eigenvalue weighted by atomic mass is 16.3. The van der Waals surface area contributed by atoms with E-state index in [1.54, 1.807) is 25.3 Å². The number of aliphatic hydroxyl groups is 1. The van der Waals surface area contributed by atoms with E-state index in [4.69, 9.17) is 5.11 Å². The van der Waals surface area contributed by atoms with Crippen LogP contribution >= 0.6 is 0 Å². The zero-order valence-corrected chi connectivity index (χ0v) is 12.3. The molecule has 0 saturated carbocycles. The number of urea groups is 1. The third-order valence-corrected chi connectivity index (χ3v) is 3.12. The number of anilines is 1. The molecule has 0 bridgehead atoms. The van der Waals surface area contributed by atoms with Gasteiger partial charge in [-0.05, 0) is 24.6 Å². The minimum atomic E-state index is -0.517. The van der Waals surface area contributed by atoms with E-state index >= 15 is 0 Å². The van der Waals surface area contributed by atoms with Crippen molar-refractivity contribution in [1.82, 2.24) is 9.88 Å². The van der Waals surface area contributed by atoms with Crippen LogP contribution in [0.15, 0.2) is 53.5 Å². The van der Waals surface area contributed by atoms with Crippen LogP contribution < -0.4 is 16.2 Å². The second-order valence-electron chi connectivity index (χ2n) is 5.02. The fourth-order valence-corrected chi connectivity index (χ4v) is 1.96. The number of aliphatic hydroxyl groups excluding tert-OH is 1. The van der Waals surface area contributed by atoms with Gasteiger partial charge >= 0.3 is 6.03 Å². The zero-order chi connectivity index (χ0) is 15.9. The molecule has 6 heteroatoms. The SMILES string of the molecule is C[C@@H](CO)NC(=O)Nc1cccn(Cc2ccccc2)c1=O. The topological polar surface area (TPSA) is 83.4 Å². The third-order valence-electron chi connectivity index (χ3n) is 3.12. The molecule has 6 nitrogen and oxygen atoms in total. The van der Waals surface area contributed by atoms with Crippen LogP contribution in [0.1, 0.15) is 12.5 Å². The number of rotatable bonds is 5. The van der Waals surface area contributed by atoms with Gasteiger partial charge in [0.2, 0.25) is 0 Å². The Hall–Kier alpha value is -2.60. The average molecular weight is 301 g/mol. The summed E-state index contributed by atoms with van der Waals surface area (Å²) in [4.78, 5) is 24.1. The summed E-state index contributed by atoms with van der Waals surface area (Å²) in [5, 5.41) is 13.9. The van der Waals surface area contributed by atoms with Crippen molar-refractivity contribution in [2.75, 3.05) is 11.9 Å². The van der Waals surface area contributed by atoms with E-state index in [1.165, 1.54) is 4.57 Å². The lowest BCUT2D eigenvalue weighted by Gasteiger charge is -2.13. The van der Waals surface area contributed by atoms with E-state index in [1.807, 2.05) is 30.3 Å². The second kappa shape index (κ2) is 7.42. The van der Waals surface area contributed by atoms with Gasteiger partial charge in [-0.25, -0.2) is 4.79 Å². The number of aromatic nitrogens is 1. The molecule has 2 amide bonds. The van der Waals surface area contributed by atoms with Crippen LogP contribution in [0.25, 0.3) is 0 Å². The molecule has 0 spiro atoms. The first kappa shape index (κ1) is 15.8. The van der Waals surface area contributed by atoms with Crippen molar-refractivity contribution in [2.45, 2.75) is 19.5 Å². The highest BCUT2D eigenvalue weighted by Gasteiger charge is 2.09. The van der Waals surface area contributed by atoms with Crippen molar-refractivity contribution < 1.29 is 9.90 Å². The first-order chi connectivity index (χ1) is 10.6. The van der Waals surface area contributed by atoms with E-state index in [-0.39, 0.29) is 23.9 Å². The molecule has 1 heterocycles. The lowest BCUT2D eigenvalue weighted by atomic mass is 10.2. The first-order valence-corrected chi connectivity index (χ1v) is 7.02. The summed E-state index contributed by atoms with van der Waals surface area (Å²) < 4.78 is 1.53. The Morgan fingerprint density at radius 2 is 1.95 bits per heavy atom. The number of nitrogens with one attached hydrogen (secondary N) is 2. The van der Waals surface area contributed by atoms with Gasteiger partial charge in [0.1, 0.15) is 5.69 Å². The van der Waals surface area contributed by atoms with Crippen molar-refractivity contribution in [1.29, 1.82) is 0 Å². The van der Waals surface area contributed by atoms with Crippen molar-refractivity contribution in [3.63, 3.8) is 0 Å². The van der Waals surface area contributed by atoms with Crippen molar-refractivity contribution in [3.05, 3.63) is 64.6 Å². The predicted molar refractivity (Wildman–Crippen MR) is 84.9 cm³/mol. The minimum absolute atomic E-state index is 0.166. The molecule has 0 saturated heterocycles. The molecule has 3 N–H and O–H groups in total. The number of carbonyl (C=O) groups excluding carboxylic acids is 1. The minimum Gasteiger partial charge on any atom is -0.394 e. The van der Waals surface area contributed by atoms with Gasteiger partial charge in [-0.2, -0.15) is 0 Å². The maximum atomic E-state index is 12.3. The summed E-state index contributed by atoms with van der Waals surface area (Å²) in [5.41, 5.74) is 0.916. The molecule has 0 aliphatic carbocycles. The fourth-order valence-electron chi connectivity index (χ4n) is 1.96. The summed E-state index contributed by atoms with van der Waals surface area (Å²) in [7, 11) is 0. The Morgan fingerprint density at radius 1 is 1.23 bits per heavy atom. The molecule has 22 heavy (non-hydrogen) atoms. The first-order valence-electron chi connectivity index (χ1n) is 7.02. The normalized spacial score (nSPS) is 11.7. The van der Waals surface area contributed by atoms with Crippen LogP contribution in [0, 0.1) is 0 Å². The fraction of sp³-hybridized carbons (Fsp3) is 0.250. The summed E-state index contributed by atoms with van der Waals surface area (Å²) in [5.74, 6) is 0.